The van der Waals surface area contributed by atoms with Crippen LogP contribution in [0.5, 0.6) is 0 Å². The van der Waals surface area contributed by atoms with E-state index in [1.807, 2.05) is 0 Å². The van der Waals surface area contributed by atoms with Crippen LogP contribution in [0.3, 0.4) is 0 Å². The lowest BCUT2D eigenvalue weighted by atomic mass is 10.1. The van der Waals surface area contributed by atoms with Gasteiger partial charge in [0.2, 0.25) is 0 Å². The fourth-order valence-electron chi connectivity index (χ4n) is 1.00. The Morgan fingerprint density at radius 1 is 1.44 bits per heavy atom. The van der Waals surface area contributed by atoms with Crippen molar-refractivity contribution in [2.75, 3.05) is 0 Å². The summed E-state index contributed by atoms with van der Waals surface area (Å²) in [7, 11) is 0. The maximum atomic E-state index is 12.4. The average molecular weight is 295 g/mol. The number of halogens is 4. The minimum atomic E-state index is -4.75. The molecule has 0 unspecified atom stereocenters. The van der Waals surface area contributed by atoms with Crippen molar-refractivity contribution in [1.82, 2.24) is 0 Å². The van der Waals surface area contributed by atoms with Gasteiger partial charge in [-0.1, -0.05) is 0 Å². The molecule has 0 fully saturated rings. The summed E-state index contributed by atoms with van der Waals surface area (Å²) < 4.78 is 36.8. The van der Waals surface area contributed by atoms with Crippen LogP contribution in [-0.2, 0) is 6.18 Å². The first-order chi connectivity index (χ1) is 7.27. The summed E-state index contributed by atoms with van der Waals surface area (Å²) in [5.74, 6) is 0. The quantitative estimate of drug-likeness (QED) is 0.590. The van der Waals surface area contributed by atoms with Crippen molar-refractivity contribution in [2.24, 2.45) is 0 Å². The molecule has 0 aromatic heterocycles. The number of nitro benzene ring substituents is 1. The van der Waals surface area contributed by atoms with E-state index in [1.54, 1.807) is 0 Å². The smallest absolute Gasteiger partial charge is 0.258 e. The first kappa shape index (κ1) is 12.4. The van der Waals surface area contributed by atoms with Crippen LogP contribution in [0.4, 0.5) is 18.9 Å². The SMILES string of the molecule is N#Cc1cc([N+](=O)[O-])cc(C(F)(F)F)c1Br. The van der Waals surface area contributed by atoms with E-state index >= 15 is 0 Å². The largest absolute Gasteiger partial charge is 0.417 e. The van der Waals surface area contributed by atoms with Crippen molar-refractivity contribution in [1.29, 1.82) is 5.26 Å². The molecule has 0 aliphatic rings. The highest BCUT2D eigenvalue weighted by Crippen LogP contribution is 2.38. The first-order valence-corrected chi connectivity index (χ1v) is 4.52. The van der Waals surface area contributed by atoms with Crippen LogP contribution in [0.1, 0.15) is 11.1 Å². The average Bonchev–Trinajstić information content (AvgIpc) is 2.15. The zero-order valence-corrected chi connectivity index (χ0v) is 8.96. The van der Waals surface area contributed by atoms with Crippen molar-refractivity contribution >= 4 is 21.6 Å². The van der Waals surface area contributed by atoms with Crippen LogP contribution in [0, 0.1) is 21.4 Å². The molecule has 0 amide bonds. The first-order valence-electron chi connectivity index (χ1n) is 3.72. The zero-order valence-electron chi connectivity index (χ0n) is 7.38. The van der Waals surface area contributed by atoms with E-state index in [0.717, 1.165) is 6.07 Å². The molecule has 0 atom stereocenters. The third-order valence-electron chi connectivity index (χ3n) is 1.69. The van der Waals surface area contributed by atoms with Crippen LogP contribution in [0.25, 0.3) is 0 Å². The topological polar surface area (TPSA) is 66.9 Å². The Bertz CT molecular complexity index is 493. The predicted octanol–water partition coefficient (Wildman–Crippen LogP) is 3.25. The van der Waals surface area contributed by atoms with E-state index in [0.29, 0.717) is 6.07 Å². The molecule has 0 bridgehead atoms. The number of non-ortho nitro benzene ring substituents is 1. The minimum absolute atomic E-state index is 0.380. The third-order valence-corrected chi connectivity index (χ3v) is 2.55. The highest BCUT2D eigenvalue weighted by Gasteiger charge is 2.36. The van der Waals surface area contributed by atoms with Crippen LogP contribution >= 0.6 is 15.9 Å². The molecule has 16 heavy (non-hydrogen) atoms. The number of hydrogen-bond donors (Lipinski definition) is 0. The maximum Gasteiger partial charge on any atom is 0.417 e. The van der Waals surface area contributed by atoms with E-state index < -0.39 is 32.4 Å². The number of nitrogens with zero attached hydrogens (tertiary/aromatic N) is 2. The van der Waals surface area contributed by atoms with Crippen LogP contribution in [-0.4, -0.2) is 4.92 Å². The molecule has 0 radical (unpaired) electrons. The lowest BCUT2D eigenvalue weighted by Gasteiger charge is -2.09. The number of alkyl halides is 3. The van der Waals surface area contributed by atoms with Crippen molar-refractivity contribution in [3.05, 3.63) is 37.8 Å². The summed E-state index contributed by atoms with van der Waals surface area (Å²) in [6.45, 7) is 0. The van der Waals surface area contributed by atoms with Gasteiger partial charge in [-0.15, -0.1) is 0 Å². The summed E-state index contributed by atoms with van der Waals surface area (Å²) in [5.41, 5.74) is -2.44. The zero-order chi connectivity index (χ0) is 12.5. The molecule has 0 N–H and O–H groups in total. The maximum absolute atomic E-state index is 12.4. The third kappa shape index (κ3) is 2.30. The molecule has 1 rings (SSSR count). The van der Waals surface area contributed by atoms with Gasteiger partial charge in [-0.25, -0.2) is 0 Å². The van der Waals surface area contributed by atoms with Crippen LogP contribution < -0.4 is 0 Å². The lowest BCUT2D eigenvalue weighted by molar-refractivity contribution is -0.385. The van der Waals surface area contributed by atoms with Gasteiger partial charge in [-0.2, -0.15) is 18.4 Å². The second-order valence-corrected chi connectivity index (χ2v) is 3.51. The van der Waals surface area contributed by atoms with Crippen LogP contribution in [0.15, 0.2) is 16.6 Å². The second-order valence-electron chi connectivity index (χ2n) is 2.72. The monoisotopic (exact) mass is 294 g/mol. The van der Waals surface area contributed by atoms with Gasteiger partial charge in [0, 0.05) is 16.6 Å². The van der Waals surface area contributed by atoms with Gasteiger partial charge >= 0.3 is 6.18 Å². The molecule has 0 aliphatic heterocycles. The number of nitriles is 1. The number of hydrogen-bond acceptors (Lipinski definition) is 3. The molecule has 0 saturated carbocycles. The van der Waals surface area contributed by atoms with Gasteiger partial charge in [0.25, 0.3) is 5.69 Å². The fraction of sp³-hybridized carbons (Fsp3) is 0.125. The highest BCUT2D eigenvalue weighted by atomic mass is 79.9. The van der Waals surface area contributed by atoms with Crippen molar-refractivity contribution < 1.29 is 18.1 Å². The summed E-state index contributed by atoms with van der Waals surface area (Å²) in [6.07, 6.45) is -4.75. The predicted molar refractivity (Wildman–Crippen MR) is 50.5 cm³/mol. The molecule has 0 heterocycles. The molecule has 1 aromatic rings. The number of benzene rings is 1. The van der Waals surface area contributed by atoms with Gasteiger partial charge in [0.05, 0.1) is 16.1 Å². The molecule has 0 saturated heterocycles. The molecule has 4 nitrogen and oxygen atoms in total. The molecule has 1 aromatic carbocycles. The summed E-state index contributed by atoms with van der Waals surface area (Å²) in [5, 5.41) is 18.9. The fourth-order valence-corrected chi connectivity index (χ4v) is 1.54. The van der Waals surface area contributed by atoms with E-state index in [4.69, 9.17) is 5.26 Å². The Kier molecular flexibility index (Phi) is 3.19. The summed E-state index contributed by atoms with van der Waals surface area (Å²) in [4.78, 5) is 9.39. The highest BCUT2D eigenvalue weighted by molar-refractivity contribution is 9.10. The van der Waals surface area contributed by atoms with E-state index in [1.165, 1.54) is 6.07 Å². The van der Waals surface area contributed by atoms with Gasteiger partial charge < -0.3 is 0 Å². The Morgan fingerprint density at radius 2 is 2.00 bits per heavy atom. The number of rotatable bonds is 1. The Hall–Kier alpha value is -1.62. The van der Waals surface area contributed by atoms with Crippen LogP contribution in [0.2, 0.25) is 0 Å². The summed E-state index contributed by atoms with van der Waals surface area (Å²) in [6, 6.07) is 2.61. The van der Waals surface area contributed by atoms with E-state index in [2.05, 4.69) is 15.9 Å². The molecule has 0 aliphatic carbocycles. The van der Waals surface area contributed by atoms with Crippen molar-refractivity contribution in [3.63, 3.8) is 0 Å². The molecule has 84 valence electrons. The standard InChI is InChI=1S/C8H2BrF3N2O2/c9-7-4(3-13)1-5(14(15)16)2-6(7)8(10,11)12/h1-2H. The Balaban J connectivity index is 3.56. The van der Waals surface area contributed by atoms with Crippen molar-refractivity contribution in [3.8, 4) is 6.07 Å². The second kappa shape index (κ2) is 4.09. The minimum Gasteiger partial charge on any atom is -0.258 e. The molecule has 0 spiro atoms. The lowest BCUT2D eigenvalue weighted by Crippen LogP contribution is -2.08. The number of nitro groups is 1. The van der Waals surface area contributed by atoms with Crippen molar-refractivity contribution in [2.45, 2.75) is 6.18 Å². The summed E-state index contributed by atoms with van der Waals surface area (Å²) >= 11 is 2.60. The Morgan fingerprint density at radius 3 is 2.38 bits per heavy atom. The van der Waals surface area contributed by atoms with E-state index in [-0.39, 0.29) is 0 Å². The molecule has 8 heteroatoms. The van der Waals surface area contributed by atoms with Gasteiger partial charge in [-0.05, 0) is 15.9 Å². The molecular weight excluding hydrogens is 293 g/mol. The normalized spacial score (nSPS) is 10.9. The van der Waals surface area contributed by atoms with E-state index in [9.17, 15) is 23.3 Å². The van der Waals surface area contributed by atoms with Gasteiger partial charge in [-0.3, -0.25) is 10.1 Å². The Labute approximate surface area is 95.6 Å². The van der Waals surface area contributed by atoms with Gasteiger partial charge in [0.1, 0.15) is 6.07 Å². The molecular formula is C8H2BrF3N2O2. The van der Waals surface area contributed by atoms with Gasteiger partial charge in [0.15, 0.2) is 0 Å².